The molecule has 0 amide bonds. The molecule has 0 fully saturated rings. The van der Waals surface area contributed by atoms with Crippen LogP contribution in [0.15, 0.2) is 30.5 Å². The quantitative estimate of drug-likeness (QED) is 0.909. The molecular formula is C13H14F2N2O. The van der Waals surface area contributed by atoms with Crippen molar-refractivity contribution in [3.05, 3.63) is 53.4 Å². The van der Waals surface area contributed by atoms with Gasteiger partial charge in [0.15, 0.2) is 11.6 Å². The molecule has 96 valence electrons. The summed E-state index contributed by atoms with van der Waals surface area (Å²) < 4.78 is 28.4. The zero-order valence-corrected chi connectivity index (χ0v) is 10.2. The van der Waals surface area contributed by atoms with Crippen LogP contribution in [0, 0.1) is 11.6 Å². The molecule has 1 heterocycles. The summed E-state index contributed by atoms with van der Waals surface area (Å²) >= 11 is 0. The van der Waals surface area contributed by atoms with E-state index in [0.717, 1.165) is 6.07 Å². The van der Waals surface area contributed by atoms with E-state index in [-0.39, 0.29) is 12.0 Å². The van der Waals surface area contributed by atoms with Crippen molar-refractivity contribution in [2.24, 2.45) is 7.05 Å². The maximum Gasteiger partial charge on any atom is 0.164 e. The van der Waals surface area contributed by atoms with Gasteiger partial charge < -0.3 is 5.11 Å². The molecular weight excluding hydrogens is 238 g/mol. The molecule has 0 saturated carbocycles. The highest BCUT2D eigenvalue weighted by Crippen LogP contribution is 2.28. The van der Waals surface area contributed by atoms with Crippen molar-refractivity contribution in [1.82, 2.24) is 9.78 Å². The molecule has 0 saturated heterocycles. The summed E-state index contributed by atoms with van der Waals surface area (Å²) in [7, 11) is 1.75. The fraction of sp³-hybridized carbons (Fsp3) is 0.308. The van der Waals surface area contributed by atoms with Crippen LogP contribution >= 0.6 is 0 Å². The van der Waals surface area contributed by atoms with Gasteiger partial charge in [0.1, 0.15) is 0 Å². The third-order valence-corrected chi connectivity index (χ3v) is 2.83. The molecule has 2 rings (SSSR count). The van der Waals surface area contributed by atoms with Crippen molar-refractivity contribution in [2.75, 3.05) is 0 Å². The third-order valence-electron chi connectivity index (χ3n) is 2.83. The molecule has 0 aliphatic heterocycles. The van der Waals surface area contributed by atoms with Gasteiger partial charge in [0.2, 0.25) is 0 Å². The Morgan fingerprint density at radius 1 is 1.33 bits per heavy atom. The fourth-order valence-electron chi connectivity index (χ4n) is 1.93. The van der Waals surface area contributed by atoms with E-state index in [4.69, 9.17) is 0 Å². The first kappa shape index (κ1) is 12.7. The van der Waals surface area contributed by atoms with Crippen LogP contribution in [0.4, 0.5) is 8.78 Å². The Labute approximate surface area is 104 Å². The monoisotopic (exact) mass is 252 g/mol. The topological polar surface area (TPSA) is 38.0 Å². The number of aliphatic hydroxyl groups is 1. The summed E-state index contributed by atoms with van der Waals surface area (Å²) in [5.41, 5.74) is -0.945. The summed E-state index contributed by atoms with van der Waals surface area (Å²) in [6.45, 7) is 1.44. The molecule has 1 unspecified atom stereocenters. The SMILES string of the molecule is Cn1ccc(CC(C)(O)c2cccc(F)c2F)n1. The van der Waals surface area contributed by atoms with Crippen LogP contribution in [0.2, 0.25) is 0 Å². The molecule has 3 nitrogen and oxygen atoms in total. The van der Waals surface area contributed by atoms with Crippen LogP contribution in [-0.4, -0.2) is 14.9 Å². The van der Waals surface area contributed by atoms with Gasteiger partial charge in [-0.3, -0.25) is 4.68 Å². The molecule has 0 spiro atoms. The number of aromatic nitrogens is 2. The van der Waals surface area contributed by atoms with Crippen LogP contribution in [0.1, 0.15) is 18.2 Å². The van der Waals surface area contributed by atoms with E-state index in [1.54, 1.807) is 24.0 Å². The summed E-state index contributed by atoms with van der Waals surface area (Å²) in [5, 5.41) is 14.4. The number of nitrogens with zero attached hydrogens (tertiary/aromatic N) is 2. The van der Waals surface area contributed by atoms with Crippen LogP contribution < -0.4 is 0 Å². The number of halogens is 2. The maximum absolute atomic E-state index is 13.6. The van der Waals surface area contributed by atoms with Gasteiger partial charge in [0.05, 0.1) is 11.3 Å². The van der Waals surface area contributed by atoms with Crippen molar-refractivity contribution in [2.45, 2.75) is 18.9 Å². The molecule has 18 heavy (non-hydrogen) atoms. The number of hydrogen-bond donors (Lipinski definition) is 1. The molecule has 0 radical (unpaired) electrons. The Bertz CT molecular complexity index is 564. The summed E-state index contributed by atoms with van der Waals surface area (Å²) in [6, 6.07) is 5.50. The molecule has 1 aromatic carbocycles. The predicted molar refractivity (Wildman–Crippen MR) is 62.8 cm³/mol. The lowest BCUT2D eigenvalue weighted by molar-refractivity contribution is 0.0519. The second kappa shape index (κ2) is 4.49. The highest BCUT2D eigenvalue weighted by atomic mass is 19.2. The molecule has 0 aliphatic rings. The normalized spacial score (nSPS) is 14.5. The summed E-state index contributed by atoms with van der Waals surface area (Å²) in [6.07, 6.45) is 1.85. The minimum absolute atomic E-state index is 0.0619. The first-order chi connectivity index (χ1) is 8.40. The third kappa shape index (κ3) is 2.41. The summed E-state index contributed by atoms with van der Waals surface area (Å²) in [4.78, 5) is 0. The Kier molecular flexibility index (Phi) is 3.17. The molecule has 5 heteroatoms. The number of hydrogen-bond acceptors (Lipinski definition) is 2. The van der Waals surface area contributed by atoms with Crippen molar-refractivity contribution in [3.8, 4) is 0 Å². The number of benzene rings is 1. The van der Waals surface area contributed by atoms with E-state index in [2.05, 4.69) is 5.10 Å². The molecule has 0 bridgehead atoms. The Hall–Kier alpha value is -1.75. The van der Waals surface area contributed by atoms with Gasteiger partial charge in [-0.05, 0) is 19.1 Å². The van der Waals surface area contributed by atoms with E-state index in [1.807, 2.05) is 0 Å². The lowest BCUT2D eigenvalue weighted by atomic mass is 9.90. The number of aryl methyl sites for hydroxylation is 1. The maximum atomic E-state index is 13.6. The van der Waals surface area contributed by atoms with Crippen LogP contribution in [0.3, 0.4) is 0 Å². The fourth-order valence-corrected chi connectivity index (χ4v) is 1.93. The Morgan fingerprint density at radius 2 is 2.06 bits per heavy atom. The van der Waals surface area contributed by atoms with Gasteiger partial charge in [-0.2, -0.15) is 5.10 Å². The van der Waals surface area contributed by atoms with Gasteiger partial charge in [0.25, 0.3) is 0 Å². The van der Waals surface area contributed by atoms with Gasteiger partial charge in [0, 0.05) is 25.2 Å². The predicted octanol–water partition coefficient (Wildman–Crippen LogP) is 2.15. The van der Waals surface area contributed by atoms with E-state index in [1.165, 1.54) is 19.1 Å². The standard InChI is InChI=1S/C13H14F2N2O/c1-13(18,8-9-6-7-17(2)16-9)10-4-3-5-11(14)12(10)15/h3-7,18H,8H2,1-2H3. The smallest absolute Gasteiger partial charge is 0.164 e. The second-order valence-electron chi connectivity index (χ2n) is 4.53. The first-order valence-corrected chi connectivity index (χ1v) is 5.55. The average Bonchev–Trinajstić information content (AvgIpc) is 2.67. The summed E-state index contributed by atoms with van der Waals surface area (Å²) in [5.74, 6) is -1.98. The first-order valence-electron chi connectivity index (χ1n) is 5.55. The van der Waals surface area contributed by atoms with E-state index < -0.39 is 17.2 Å². The Morgan fingerprint density at radius 3 is 2.67 bits per heavy atom. The van der Waals surface area contributed by atoms with E-state index in [9.17, 15) is 13.9 Å². The van der Waals surface area contributed by atoms with Gasteiger partial charge >= 0.3 is 0 Å². The number of rotatable bonds is 3. The van der Waals surface area contributed by atoms with Crippen LogP contribution in [0.25, 0.3) is 0 Å². The van der Waals surface area contributed by atoms with E-state index >= 15 is 0 Å². The zero-order chi connectivity index (χ0) is 13.3. The van der Waals surface area contributed by atoms with Crippen molar-refractivity contribution < 1.29 is 13.9 Å². The molecule has 1 atom stereocenters. The lowest BCUT2D eigenvalue weighted by Crippen LogP contribution is -2.26. The van der Waals surface area contributed by atoms with Crippen molar-refractivity contribution in [3.63, 3.8) is 0 Å². The van der Waals surface area contributed by atoms with Crippen LogP contribution in [-0.2, 0) is 19.1 Å². The molecule has 1 aromatic heterocycles. The van der Waals surface area contributed by atoms with Gasteiger partial charge in [-0.15, -0.1) is 0 Å². The zero-order valence-electron chi connectivity index (χ0n) is 10.2. The Balaban J connectivity index is 2.33. The highest BCUT2D eigenvalue weighted by Gasteiger charge is 2.29. The average molecular weight is 252 g/mol. The van der Waals surface area contributed by atoms with Gasteiger partial charge in [-0.25, -0.2) is 8.78 Å². The largest absolute Gasteiger partial charge is 0.385 e. The second-order valence-corrected chi connectivity index (χ2v) is 4.53. The molecule has 1 N–H and O–H groups in total. The van der Waals surface area contributed by atoms with E-state index in [0.29, 0.717) is 5.69 Å². The lowest BCUT2D eigenvalue weighted by Gasteiger charge is -2.23. The van der Waals surface area contributed by atoms with Crippen LogP contribution in [0.5, 0.6) is 0 Å². The highest BCUT2D eigenvalue weighted by molar-refractivity contribution is 5.26. The molecule has 0 aliphatic carbocycles. The molecule has 2 aromatic rings. The van der Waals surface area contributed by atoms with Crippen molar-refractivity contribution >= 4 is 0 Å². The minimum Gasteiger partial charge on any atom is -0.385 e. The van der Waals surface area contributed by atoms with Crippen molar-refractivity contribution in [1.29, 1.82) is 0 Å². The minimum atomic E-state index is -1.50. The van der Waals surface area contributed by atoms with Gasteiger partial charge in [-0.1, -0.05) is 12.1 Å².